The lowest BCUT2D eigenvalue weighted by molar-refractivity contribution is 0.900. The number of aromatic nitrogens is 2. The zero-order valence-electron chi connectivity index (χ0n) is 10.4. The molecule has 0 bridgehead atoms. The Balaban J connectivity index is 2.75. The standard InChI is InChI=1S/C14H14N4O/c1-3-12(16-4-2)9-5-6-10-11(7-9)13(8-15)17-18-14(10)19/h3-7H,1-2,8,15H2,(H,18,19). The van der Waals surface area contributed by atoms with Gasteiger partial charge in [-0.15, -0.1) is 0 Å². The molecule has 0 saturated carbocycles. The topological polar surface area (TPSA) is 84.1 Å². The lowest BCUT2D eigenvalue weighted by Gasteiger charge is -2.05. The van der Waals surface area contributed by atoms with Crippen LogP contribution in [0.4, 0.5) is 0 Å². The lowest BCUT2D eigenvalue weighted by atomic mass is 10.0. The predicted molar refractivity (Wildman–Crippen MR) is 77.2 cm³/mol. The molecule has 0 aliphatic carbocycles. The Labute approximate surface area is 110 Å². The van der Waals surface area contributed by atoms with Crippen LogP contribution in [0.2, 0.25) is 0 Å². The highest BCUT2D eigenvalue weighted by molar-refractivity contribution is 6.10. The molecule has 0 aliphatic rings. The van der Waals surface area contributed by atoms with Crippen LogP contribution >= 0.6 is 0 Å². The fraction of sp³-hybridized carbons (Fsp3) is 0.0714. The van der Waals surface area contributed by atoms with E-state index >= 15 is 0 Å². The van der Waals surface area contributed by atoms with Gasteiger partial charge in [-0.3, -0.25) is 9.79 Å². The van der Waals surface area contributed by atoms with E-state index in [4.69, 9.17) is 5.73 Å². The number of allylic oxidation sites excluding steroid dienone is 1. The second-order valence-corrected chi connectivity index (χ2v) is 3.86. The van der Waals surface area contributed by atoms with Crippen molar-refractivity contribution >= 4 is 16.5 Å². The molecule has 0 radical (unpaired) electrons. The number of rotatable bonds is 4. The normalized spacial score (nSPS) is 11.5. The third kappa shape index (κ3) is 2.36. The lowest BCUT2D eigenvalue weighted by Crippen LogP contribution is -2.13. The first kappa shape index (κ1) is 12.9. The van der Waals surface area contributed by atoms with Crippen molar-refractivity contribution in [1.29, 1.82) is 0 Å². The number of aromatic amines is 1. The molecule has 2 aromatic rings. The SMILES string of the molecule is C=CN=C(C=C)c1ccc2c(=O)[nH]nc(CN)c2c1. The van der Waals surface area contributed by atoms with Crippen molar-refractivity contribution < 1.29 is 0 Å². The van der Waals surface area contributed by atoms with Crippen LogP contribution in [-0.4, -0.2) is 15.9 Å². The van der Waals surface area contributed by atoms with E-state index in [0.29, 0.717) is 16.8 Å². The molecule has 1 aromatic heterocycles. The molecule has 96 valence electrons. The van der Waals surface area contributed by atoms with Gasteiger partial charge in [0.2, 0.25) is 0 Å². The summed E-state index contributed by atoms with van der Waals surface area (Å²) in [6.45, 7) is 7.52. The molecule has 0 aliphatic heterocycles. The van der Waals surface area contributed by atoms with Crippen molar-refractivity contribution in [2.45, 2.75) is 6.54 Å². The minimum Gasteiger partial charge on any atom is -0.325 e. The monoisotopic (exact) mass is 254 g/mol. The van der Waals surface area contributed by atoms with Crippen LogP contribution in [0.15, 0.2) is 53.4 Å². The maximum atomic E-state index is 11.7. The highest BCUT2D eigenvalue weighted by atomic mass is 16.1. The summed E-state index contributed by atoms with van der Waals surface area (Å²) in [6.07, 6.45) is 3.08. The number of fused-ring (bicyclic) bond motifs is 1. The van der Waals surface area contributed by atoms with Crippen LogP contribution in [0.25, 0.3) is 10.8 Å². The van der Waals surface area contributed by atoms with Crippen LogP contribution in [0, 0.1) is 0 Å². The Bertz CT molecular complexity index is 728. The van der Waals surface area contributed by atoms with E-state index in [9.17, 15) is 4.79 Å². The number of hydrogen-bond acceptors (Lipinski definition) is 4. The average Bonchev–Trinajstić information content (AvgIpc) is 2.45. The number of nitrogens with two attached hydrogens (primary N) is 1. The van der Waals surface area contributed by atoms with Crippen molar-refractivity contribution in [1.82, 2.24) is 10.2 Å². The van der Waals surface area contributed by atoms with Crippen molar-refractivity contribution in [3.05, 3.63) is 65.2 Å². The molecule has 0 atom stereocenters. The molecule has 0 fully saturated rings. The molecule has 1 aromatic carbocycles. The van der Waals surface area contributed by atoms with Crippen LogP contribution in [-0.2, 0) is 6.54 Å². The number of benzene rings is 1. The third-order valence-corrected chi connectivity index (χ3v) is 2.78. The molecule has 0 saturated heterocycles. The fourth-order valence-electron chi connectivity index (χ4n) is 1.88. The van der Waals surface area contributed by atoms with Gasteiger partial charge in [0.25, 0.3) is 5.56 Å². The smallest absolute Gasteiger partial charge is 0.272 e. The fourth-order valence-corrected chi connectivity index (χ4v) is 1.88. The Morgan fingerprint density at radius 1 is 1.42 bits per heavy atom. The van der Waals surface area contributed by atoms with E-state index in [-0.39, 0.29) is 12.1 Å². The van der Waals surface area contributed by atoms with Crippen molar-refractivity contribution in [3.8, 4) is 0 Å². The van der Waals surface area contributed by atoms with Gasteiger partial charge in [0.05, 0.1) is 16.8 Å². The number of nitrogens with zero attached hydrogens (tertiary/aromatic N) is 2. The predicted octanol–water partition coefficient (Wildman–Crippen LogP) is 1.50. The Hall–Kier alpha value is -2.53. The molecule has 0 amide bonds. The summed E-state index contributed by atoms with van der Waals surface area (Å²) in [6, 6.07) is 5.37. The van der Waals surface area contributed by atoms with Crippen molar-refractivity contribution in [2.24, 2.45) is 10.7 Å². The van der Waals surface area contributed by atoms with Crippen LogP contribution in [0.1, 0.15) is 11.3 Å². The van der Waals surface area contributed by atoms with Crippen molar-refractivity contribution in [3.63, 3.8) is 0 Å². The molecular formula is C14H14N4O. The molecular weight excluding hydrogens is 240 g/mol. The van der Waals surface area contributed by atoms with Gasteiger partial charge in [0.1, 0.15) is 0 Å². The molecule has 2 rings (SSSR count). The van der Waals surface area contributed by atoms with Gasteiger partial charge in [0.15, 0.2) is 0 Å². The number of nitrogens with one attached hydrogen (secondary N) is 1. The van der Waals surface area contributed by atoms with Crippen LogP contribution in [0.5, 0.6) is 0 Å². The maximum absolute atomic E-state index is 11.7. The molecule has 0 spiro atoms. The van der Waals surface area contributed by atoms with E-state index in [1.165, 1.54) is 6.20 Å². The van der Waals surface area contributed by atoms with E-state index in [2.05, 4.69) is 28.3 Å². The largest absolute Gasteiger partial charge is 0.325 e. The average molecular weight is 254 g/mol. The maximum Gasteiger partial charge on any atom is 0.272 e. The zero-order chi connectivity index (χ0) is 13.8. The molecule has 5 nitrogen and oxygen atoms in total. The summed E-state index contributed by atoms with van der Waals surface area (Å²) in [4.78, 5) is 15.8. The van der Waals surface area contributed by atoms with E-state index in [0.717, 1.165) is 10.9 Å². The molecule has 19 heavy (non-hydrogen) atoms. The highest BCUT2D eigenvalue weighted by Gasteiger charge is 2.07. The van der Waals surface area contributed by atoms with E-state index in [1.54, 1.807) is 12.1 Å². The molecule has 3 N–H and O–H groups in total. The summed E-state index contributed by atoms with van der Waals surface area (Å²) in [5, 5.41) is 7.66. The van der Waals surface area contributed by atoms with Crippen LogP contribution < -0.4 is 11.3 Å². The number of aliphatic imine (C=N–C) groups is 1. The minimum absolute atomic E-state index is 0.237. The number of hydrogen-bond donors (Lipinski definition) is 2. The van der Waals surface area contributed by atoms with Gasteiger partial charge in [-0.05, 0) is 18.2 Å². The molecule has 5 heteroatoms. The van der Waals surface area contributed by atoms with Gasteiger partial charge < -0.3 is 5.73 Å². The second-order valence-electron chi connectivity index (χ2n) is 3.86. The Kier molecular flexibility index (Phi) is 3.68. The van der Waals surface area contributed by atoms with Gasteiger partial charge in [0, 0.05) is 23.7 Å². The zero-order valence-corrected chi connectivity index (χ0v) is 10.4. The van der Waals surface area contributed by atoms with E-state index < -0.39 is 0 Å². The summed E-state index contributed by atoms with van der Waals surface area (Å²) in [5.41, 5.74) is 7.55. The minimum atomic E-state index is -0.237. The summed E-state index contributed by atoms with van der Waals surface area (Å²) < 4.78 is 0. The quantitative estimate of drug-likeness (QED) is 0.811. The summed E-state index contributed by atoms with van der Waals surface area (Å²) in [7, 11) is 0. The third-order valence-electron chi connectivity index (χ3n) is 2.78. The highest BCUT2D eigenvalue weighted by Crippen LogP contribution is 2.16. The first-order valence-electron chi connectivity index (χ1n) is 5.74. The second kappa shape index (κ2) is 5.41. The summed E-state index contributed by atoms with van der Waals surface area (Å²) >= 11 is 0. The first-order chi connectivity index (χ1) is 9.21. The molecule has 1 heterocycles. The summed E-state index contributed by atoms with van der Waals surface area (Å²) in [5.74, 6) is 0. The first-order valence-corrected chi connectivity index (χ1v) is 5.74. The van der Waals surface area contributed by atoms with Gasteiger partial charge in [-0.1, -0.05) is 19.2 Å². The number of H-pyrrole nitrogens is 1. The Morgan fingerprint density at radius 2 is 2.21 bits per heavy atom. The van der Waals surface area contributed by atoms with Gasteiger partial charge >= 0.3 is 0 Å². The van der Waals surface area contributed by atoms with Crippen molar-refractivity contribution in [2.75, 3.05) is 0 Å². The van der Waals surface area contributed by atoms with Crippen LogP contribution in [0.3, 0.4) is 0 Å². The Morgan fingerprint density at radius 3 is 2.84 bits per heavy atom. The van der Waals surface area contributed by atoms with Gasteiger partial charge in [-0.2, -0.15) is 5.10 Å². The van der Waals surface area contributed by atoms with Gasteiger partial charge in [-0.25, -0.2) is 5.10 Å². The molecule has 0 unspecified atom stereocenters. The van der Waals surface area contributed by atoms with E-state index in [1.807, 2.05) is 12.1 Å².